The largest absolute Gasteiger partial charge is 0.392 e. The molecule has 0 spiro atoms. The summed E-state index contributed by atoms with van der Waals surface area (Å²) in [5.41, 5.74) is 6.82. The molecule has 2 heterocycles. The Morgan fingerprint density at radius 3 is 2.43 bits per heavy atom. The van der Waals surface area contributed by atoms with Crippen molar-refractivity contribution in [1.82, 2.24) is 30.8 Å². The van der Waals surface area contributed by atoms with Crippen molar-refractivity contribution >= 4 is 17.8 Å². The van der Waals surface area contributed by atoms with Crippen molar-refractivity contribution in [2.45, 2.75) is 50.2 Å². The molecule has 3 atom stereocenters. The number of hydrogen-bond acceptors (Lipinski definition) is 8. The van der Waals surface area contributed by atoms with Crippen LogP contribution >= 0.6 is 11.8 Å². The van der Waals surface area contributed by atoms with E-state index < -0.39 is 6.29 Å². The van der Waals surface area contributed by atoms with Crippen LogP contribution in [-0.4, -0.2) is 49.7 Å². The number of carbonyl (C=O) groups excluding carboxylic acids is 1. The highest BCUT2D eigenvalue weighted by molar-refractivity contribution is 7.99. The second-order valence-corrected chi connectivity index (χ2v) is 11.9. The Balaban J connectivity index is 1.18. The van der Waals surface area contributed by atoms with Gasteiger partial charge in [0.1, 0.15) is 0 Å². The first-order valence-corrected chi connectivity index (χ1v) is 16.3. The highest BCUT2D eigenvalue weighted by Gasteiger charge is 2.32. The van der Waals surface area contributed by atoms with Gasteiger partial charge in [-0.05, 0) is 63.4 Å². The van der Waals surface area contributed by atoms with Gasteiger partial charge in [-0.25, -0.2) is 4.79 Å². The number of hydrogen-bond donors (Lipinski definition) is 3. The zero-order chi connectivity index (χ0) is 31.7. The summed E-state index contributed by atoms with van der Waals surface area (Å²) in [5, 5.41) is 28.2. The molecule has 4 aromatic carbocycles. The summed E-state index contributed by atoms with van der Waals surface area (Å²) in [6.45, 7) is 2.91. The van der Waals surface area contributed by atoms with Crippen molar-refractivity contribution in [2.75, 3.05) is 12.3 Å². The minimum atomic E-state index is -0.575. The monoisotopic (exact) mass is 636 g/mol. The lowest BCUT2D eigenvalue weighted by Crippen LogP contribution is -2.34. The zero-order valence-corrected chi connectivity index (χ0v) is 26.3. The second kappa shape index (κ2) is 15.2. The summed E-state index contributed by atoms with van der Waals surface area (Å²) in [5.74, 6) is 0.632. The summed E-state index contributed by atoms with van der Waals surface area (Å²) in [6, 6.07) is 33.8. The zero-order valence-electron chi connectivity index (χ0n) is 25.5. The number of nitrogens with one attached hydrogen (secondary N) is 2. The van der Waals surface area contributed by atoms with E-state index in [9.17, 15) is 9.90 Å². The van der Waals surface area contributed by atoms with Gasteiger partial charge < -0.3 is 25.2 Å². The SMILES string of the molecule is CCNC(=O)NCc1cccc(-c2ccc([C@@H]3O[C@H](CSc4nnnn4-c4ccccc4)C[C@H](c4ccc(CO)cc4)O3)cc2)c1. The number of aromatic nitrogens is 4. The Labute approximate surface area is 272 Å². The maximum Gasteiger partial charge on any atom is 0.315 e. The van der Waals surface area contributed by atoms with Gasteiger partial charge in [-0.1, -0.05) is 96.7 Å². The third kappa shape index (κ3) is 7.80. The number of carbonyl (C=O) groups is 1. The Kier molecular flexibility index (Phi) is 10.4. The molecule has 0 saturated carbocycles. The van der Waals surface area contributed by atoms with E-state index in [1.54, 1.807) is 16.4 Å². The summed E-state index contributed by atoms with van der Waals surface area (Å²) >= 11 is 1.55. The molecule has 0 radical (unpaired) electrons. The molecule has 11 heteroatoms. The van der Waals surface area contributed by atoms with Crippen molar-refractivity contribution in [1.29, 1.82) is 0 Å². The van der Waals surface area contributed by atoms with Crippen LogP contribution in [0.3, 0.4) is 0 Å². The number of benzene rings is 4. The van der Waals surface area contributed by atoms with Crippen LogP contribution in [0.5, 0.6) is 0 Å². The van der Waals surface area contributed by atoms with Crippen LogP contribution in [0.2, 0.25) is 0 Å². The predicted octanol–water partition coefficient (Wildman–Crippen LogP) is 5.98. The number of nitrogens with zero attached hydrogens (tertiary/aromatic N) is 4. The minimum absolute atomic E-state index is 0.00705. The molecule has 1 fully saturated rings. The van der Waals surface area contributed by atoms with Gasteiger partial charge >= 0.3 is 6.03 Å². The molecule has 46 heavy (non-hydrogen) atoms. The molecule has 1 aliphatic heterocycles. The number of aliphatic hydroxyl groups is 1. The Bertz CT molecular complexity index is 1720. The van der Waals surface area contributed by atoms with Crippen LogP contribution in [0.15, 0.2) is 108 Å². The normalized spacial score (nSPS) is 17.8. The number of aliphatic hydroxyl groups excluding tert-OH is 1. The molecule has 0 bridgehead atoms. The fraction of sp³-hybridized carbons (Fsp3) is 0.257. The van der Waals surface area contributed by atoms with E-state index in [2.05, 4.69) is 50.4 Å². The van der Waals surface area contributed by atoms with Crippen molar-refractivity contribution in [3.8, 4) is 16.8 Å². The van der Waals surface area contributed by atoms with E-state index in [1.807, 2.05) is 85.8 Å². The van der Waals surface area contributed by atoms with Crippen LogP contribution in [0.1, 0.15) is 48.0 Å². The van der Waals surface area contributed by atoms with Gasteiger partial charge in [0, 0.05) is 30.8 Å². The van der Waals surface area contributed by atoms with Gasteiger partial charge in [-0.15, -0.1) is 5.10 Å². The molecule has 6 rings (SSSR count). The van der Waals surface area contributed by atoms with Crippen LogP contribution < -0.4 is 10.6 Å². The quantitative estimate of drug-likeness (QED) is 0.151. The molecule has 5 aromatic rings. The molecule has 236 valence electrons. The molecule has 1 aliphatic rings. The van der Waals surface area contributed by atoms with Gasteiger partial charge in [0.25, 0.3) is 0 Å². The number of para-hydroxylation sites is 1. The Hall–Kier alpha value is -4.55. The van der Waals surface area contributed by atoms with Gasteiger partial charge in [-0.2, -0.15) is 4.68 Å². The second-order valence-electron chi connectivity index (χ2n) is 10.9. The number of thioether (sulfide) groups is 1. The average molecular weight is 637 g/mol. The van der Waals surface area contributed by atoms with E-state index >= 15 is 0 Å². The van der Waals surface area contributed by atoms with E-state index in [-0.39, 0.29) is 24.8 Å². The third-order valence-corrected chi connectivity index (χ3v) is 8.74. The fourth-order valence-electron chi connectivity index (χ4n) is 5.29. The molecule has 1 saturated heterocycles. The van der Waals surface area contributed by atoms with Crippen molar-refractivity contribution in [2.24, 2.45) is 0 Å². The van der Waals surface area contributed by atoms with Crippen molar-refractivity contribution < 1.29 is 19.4 Å². The highest BCUT2D eigenvalue weighted by atomic mass is 32.2. The number of ether oxygens (including phenoxy) is 2. The van der Waals surface area contributed by atoms with Crippen LogP contribution in [0.25, 0.3) is 16.8 Å². The van der Waals surface area contributed by atoms with Crippen molar-refractivity contribution in [3.05, 3.63) is 125 Å². The van der Waals surface area contributed by atoms with Crippen molar-refractivity contribution in [3.63, 3.8) is 0 Å². The lowest BCUT2D eigenvalue weighted by atomic mass is 9.99. The smallest absolute Gasteiger partial charge is 0.315 e. The summed E-state index contributed by atoms with van der Waals surface area (Å²) < 4.78 is 14.8. The number of rotatable bonds is 11. The first-order valence-electron chi connectivity index (χ1n) is 15.3. The highest BCUT2D eigenvalue weighted by Crippen LogP contribution is 2.40. The molecular weight excluding hydrogens is 600 g/mol. The predicted molar refractivity (Wildman–Crippen MR) is 176 cm³/mol. The molecule has 0 aliphatic carbocycles. The summed E-state index contributed by atoms with van der Waals surface area (Å²) in [6.07, 6.45) is -0.255. The average Bonchev–Trinajstić information content (AvgIpc) is 3.59. The molecule has 0 unspecified atom stereocenters. The molecule has 3 N–H and O–H groups in total. The van der Waals surface area contributed by atoms with Crippen LogP contribution in [-0.2, 0) is 22.6 Å². The topological polar surface area (TPSA) is 123 Å². The van der Waals surface area contributed by atoms with E-state index in [0.29, 0.717) is 30.4 Å². The molecular formula is C35H36N6O4S. The van der Waals surface area contributed by atoms with Crippen LogP contribution in [0.4, 0.5) is 4.79 Å². The van der Waals surface area contributed by atoms with Gasteiger partial charge in [0.15, 0.2) is 6.29 Å². The lowest BCUT2D eigenvalue weighted by molar-refractivity contribution is -0.245. The van der Waals surface area contributed by atoms with E-state index in [1.165, 1.54) is 0 Å². The maximum absolute atomic E-state index is 11.8. The summed E-state index contributed by atoms with van der Waals surface area (Å²) in [7, 11) is 0. The van der Waals surface area contributed by atoms with Gasteiger partial charge in [0.2, 0.25) is 5.16 Å². The first-order chi connectivity index (χ1) is 22.6. The van der Waals surface area contributed by atoms with Crippen LogP contribution in [0, 0.1) is 0 Å². The number of tetrazole rings is 1. The Morgan fingerprint density at radius 1 is 0.891 bits per heavy atom. The standard InChI is InChI=1S/C35H36N6O4S/c1-2-36-34(43)37-21-25-7-6-8-29(19-25)26-15-17-28(18-16-26)33-44-31(20-32(45-33)27-13-11-24(22-42)12-14-27)23-46-35-38-39-40-41(35)30-9-4-3-5-10-30/h3-19,31-33,42H,2,20-23H2,1H3,(H2,36,37,43)/t31-,32+,33+/m0/s1. The first kappa shape index (κ1) is 31.4. The lowest BCUT2D eigenvalue weighted by Gasteiger charge is -2.36. The number of urea groups is 1. The van der Waals surface area contributed by atoms with E-state index in [4.69, 9.17) is 9.47 Å². The fourth-order valence-corrected chi connectivity index (χ4v) is 6.20. The third-order valence-electron chi connectivity index (χ3n) is 7.69. The molecule has 10 nitrogen and oxygen atoms in total. The van der Waals surface area contributed by atoms with Gasteiger partial charge in [0.05, 0.1) is 24.5 Å². The Morgan fingerprint density at radius 2 is 1.67 bits per heavy atom. The molecule has 1 aromatic heterocycles. The summed E-state index contributed by atoms with van der Waals surface area (Å²) in [4.78, 5) is 11.8. The maximum atomic E-state index is 11.8. The molecule has 2 amide bonds. The van der Waals surface area contributed by atoms with E-state index in [0.717, 1.165) is 39.1 Å². The van der Waals surface area contributed by atoms with Gasteiger partial charge in [-0.3, -0.25) is 0 Å². The minimum Gasteiger partial charge on any atom is -0.392 e. The number of amides is 2.